The van der Waals surface area contributed by atoms with E-state index < -0.39 is 5.54 Å². The number of carbonyl (C=O) groups is 1. The van der Waals surface area contributed by atoms with Crippen molar-refractivity contribution >= 4 is 16.7 Å². The molecule has 2 N–H and O–H groups in total. The zero-order chi connectivity index (χ0) is 17.6. The SMILES string of the molecule is Cc1ncc(C(C)(C)NC(=O)C2C[C@H]3CNC[C@H]3C2)c2ccccc12. The Hall–Kier alpha value is -1.94. The van der Waals surface area contributed by atoms with Crippen molar-refractivity contribution in [1.82, 2.24) is 15.6 Å². The highest BCUT2D eigenvalue weighted by atomic mass is 16.2. The largest absolute Gasteiger partial charge is 0.347 e. The topological polar surface area (TPSA) is 54.0 Å². The smallest absolute Gasteiger partial charge is 0.223 e. The van der Waals surface area contributed by atoms with E-state index in [-0.39, 0.29) is 11.8 Å². The van der Waals surface area contributed by atoms with Crippen LogP contribution in [0.25, 0.3) is 10.8 Å². The van der Waals surface area contributed by atoms with Crippen molar-refractivity contribution in [2.75, 3.05) is 13.1 Å². The number of aromatic nitrogens is 1. The zero-order valence-corrected chi connectivity index (χ0v) is 15.3. The molecule has 1 saturated heterocycles. The van der Waals surface area contributed by atoms with Crippen molar-refractivity contribution in [2.45, 2.75) is 39.2 Å². The van der Waals surface area contributed by atoms with Crippen LogP contribution >= 0.6 is 0 Å². The minimum absolute atomic E-state index is 0.154. The van der Waals surface area contributed by atoms with Crippen molar-refractivity contribution in [3.05, 3.63) is 41.7 Å². The number of rotatable bonds is 3. The van der Waals surface area contributed by atoms with E-state index in [0.717, 1.165) is 42.6 Å². The summed E-state index contributed by atoms with van der Waals surface area (Å²) in [7, 11) is 0. The van der Waals surface area contributed by atoms with Gasteiger partial charge in [-0.2, -0.15) is 0 Å². The third kappa shape index (κ3) is 2.93. The van der Waals surface area contributed by atoms with Crippen molar-refractivity contribution in [2.24, 2.45) is 17.8 Å². The molecule has 1 unspecified atom stereocenters. The molecule has 3 atom stereocenters. The van der Waals surface area contributed by atoms with Crippen LogP contribution in [0.15, 0.2) is 30.5 Å². The molecule has 1 aromatic carbocycles. The molecule has 1 aromatic heterocycles. The lowest BCUT2D eigenvalue weighted by Crippen LogP contribution is -2.44. The molecule has 1 aliphatic heterocycles. The summed E-state index contributed by atoms with van der Waals surface area (Å²) >= 11 is 0. The minimum Gasteiger partial charge on any atom is -0.347 e. The molecule has 25 heavy (non-hydrogen) atoms. The van der Waals surface area contributed by atoms with Crippen LogP contribution in [0.2, 0.25) is 0 Å². The molecule has 1 amide bonds. The summed E-state index contributed by atoms with van der Waals surface area (Å²) < 4.78 is 0. The fourth-order valence-corrected chi connectivity index (χ4v) is 4.69. The fraction of sp³-hybridized carbons (Fsp3) is 0.524. The van der Waals surface area contributed by atoms with Gasteiger partial charge in [-0.3, -0.25) is 9.78 Å². The highest BCUT2D eigenvalue weighted by Crippen LogP contribution is 2.39. The Bertz CT molecular complexity index is 802. The van der Waals surface area contributed by atoms with Gasteiger partial charge in [0.15, 0.2) is 0 Å². The van der Waals surface area contributed by atoms with Gasteiger partial charge in [-0.1, -0.05) is 24.3 Å². The third-order valence-corrected chi connectivity index (χ3v) is 6.13. The lowest BCUT2D eigenvalue weighted by molar-refractivity contribution is -0.126. The monoisotopic (exact) mass is 337 g/mol. The number of hydrogen-bond acceptors (Lipinski definition) is 3. The molecule has 1 saturated carbocycles. The van der Waals surface area contributed by atoms with E-state index >= 15 is 0 Å². The molecule has 132 valence electrons. The normalized spacial score (nSPS) is 26.0. The summed E-state index contributed by atoms with van der Waals surface area (Å²) in [5.41, 5.74) is 1.67. The van der Waals surface area contributed by atoms with Crippen LogP contribution in [0.3, 0.4) is 0 Å². The third-order valence-electron chi connectivity index (χ3n) is 6.13. The number of amides is 1. The second kappa shape index (κ2) is 6.10. The first kappa shape index (κ1) is 16.5. The Kier molecular flexibility index (Phi) is 4.03. The van der Waals surface area contributed by atoms with Crippen LogP contribution in [-0.4, -0.2) is 24.0 Å². The molecule has 4 heteroatoms. The molecule has 4 nitrogen and oxygen atoms in total. The van der Waals surface area contributed by atoms with E-state index in [1.807, 2.05) is 25.3 Å². The van der Waals surface area contributed by atoms with Gasteiger partial charge in [-0.15, -0.1) is 0 Å². The van der Waals surface area contributed by atoms with E-state index in [0.29, 0.717) is 11.8 Å². The maximum Gasteiger partial charge on any atom is 0.223 e. The number of carbonyl (C=O) groups excluding carboxylic acids is 1. The summed E-state index contributed by atoms with van der Waals surface area (Å²) in [4.78, 5) is 17.5. The van der Waals surface area contributed by atoms with Gasteiger partial charge in [0.2, 0.25) is 5.91 Å². The number of nitrogens with zero attached hydrogens (tertiary/aromatic N) is 1. The number of nitrogens with one attached hydrogen (secondary N) is 2. The van der Waals surface area contributed by atoms with Gasteiger partial charge in [0.25, 0.3) is 0 Å². The summed E-state index contributed by atoms with van der Waals surface area (Å²) in [6.45, 7) is 8.35. The Morgan fingerprint density at radius 1 is 1.16 bits per heavy atom. The number of hydrogen-bond donors (Lipinski definition) is 2. The molecule has 2 fully saturated rings. The first-order valence-corrected chi connectivity index (χ1v) is 9.33. The van der Waals surface area contributed by atoms with Crippen LogP contribution < -0.4 is 10.6 Å². The molecule has 4 rings (SSSR count). The van der Waals surface area contributed by atoms with Crippen LogP contribution in [0.4, 0.5) is 0 Å². The van der Waals surface area contributed by atoms with Crippen molar-refractivity contribution in [3.63, 3.8) is 0 Å². The summed E-state index contributed by atoms with van der Waals surface area (Å²) in [6.07, 6.45) is 3.96. The molecule has 1 aliphatic carbocycles. The van der Waals surface area contributed by atoms with Crippen molar-refractivity contribution in [3.8, 4) is 0 Å². The quantitative estimate of drug-likeness (QED) is 0.905. The van der Waals surface area contributed by atoms with Crippen LogP contribution in [0.1, 0.15) is 37.9 Å². The second-order valence-corrected chi connectivity index (χ2v) is 8.26. The molecule has 0 radical (unpaired) electrons. The number of fused-ring (bicyclic) bond motifs is 2. The van der Waals surface area contributed by atoms with E-state index in [1.54, 1.807) is 0 Å². The van der Waals surface area contributed by atoms with E-state index in [2.05, 4.69) is 41.6 Å². The Labute approximate surface area is 149 Å². The average molecular weight is 337 g/mol. The molecule has 2 heterocycles. The number of aryl methyl sites for hydroxylation is 1. The Morgan fingerprint density at radius 3 is 2.48 bits per heavy atom. The average Bonchev–Trinajstić information content (AvgIpc) is 3.16. The van der Waals surface area contributed by atoms with E-state index in [1.165, 1.54) is 5.39 Å². The molecule has 0 bridgehead atoms. The zero-order valence-electron chi connectivity index (χ0n) is 15.3. The van der Waals surface area contributed by atoms with Gasteiger partial charge in [-0.05, 0) is 63.9 Å². The standard InChI is InChI=1S/C21H27N3O/c1-13-17-6-4-5-7-18(17)19(12-23-13)21(2,3)24-20(25)14-8-15-10-22-11-16(15)9-14/h4-7,12,14-16,22H,8-11H2,1-3H3,(H,24,25)/t14?,15-,16+. The van der Waals surface area contributed by atoms with E-state index in [4.69, 9.17) is 0 Å². The second-order valence-electron chi connectivity index (χ2n) is 8.26. The molecule has 0 spiro atoms. The van der Waals surface area contributed by atoms with Gasteiger partial charge >= 0.3 is 0 Å². The van der Waals surface area contributed by atoms with E-state index in [9.17, 15) is 4.79 Å². The van der Waals surface area contributed by atoms with Gasteiger partial charge in [0.05, 0.1) is 5.54 Å². The molecule has 2 aromatic rings. The summed E-state index contributed by atoms with van der Waals surface area (Å²) in [6, 6.07) is 8.31. The Morgan fingerprint density at radius 2 is 1.80 bits per heavy atom. The lowest BCUT2D eigenvalue weighted by Gasteiger charge is -2.30. The number of benzene rings is 1. The highest BCUT2D eigenvalue weighted by molar-refractivity contribution is 5.89. The maximum absolute atomic E-state index is 12.9. The van der Waals surface area contributed by atoms with Gasteiger partial charge in [0, 0.05) is 28.8 Å². The molecular formula is C21H27N3O. The van der Waals surface area contributed by atoms with Crippen molar-refractivity contribution < 1.29 is 4.79 Å². The maximum atomic E-state index is 12.9. The first-order chi connectivity index (χ1) is 12.0. The Balaban J connectivity index is 1.58. The predicted octanol–water partition coefficient (Wildman–Crippen LogP) is 3.14. The fourth-order valence-electron chi connectivity index (χ4n) is 4.69. The van der Waals surface area contributed by atoms with Crippen LogP contribution in [0, 0.1) is 24.7 Å². The van der Waals surface area contributed by atoms with Gasteiger partial charge < -0.3 is 10.6 Å². The molecular weight excluding hydrogens is 310 g/mol. The summed E-state index contributed by atoms with van der Waals surface area (Å²) in [5, 5.41) is 9.09. The van der Waals surface area contributed by atoms with Crippen molar-refractivity contribution in [1.29, 1.82) is 0 Å². The summed E-state index contributed by atoms with van der Waals surface area (Å²) in [5.74, 6) is 1.71. The van der Waals surface area contributed by atoms with Crippen LogP contribution in [0.5, 0.6) is 0 Å². The molecule has 2 aliphatic rings. The number of pyridine rings is 1. The lowest BCUT2D eigenvalue weighted by atomic mass is 9.89. The van der Waals surface area contributed by atoms with Crippen LogP contribution in [-0.2, 0) is 10.3 Å². The van der Waals surface area contributed by atoms with Gasteiger partial charge in [0.1, 0.15) is 0 Å². The first-order valence-electron chi connectivity index (χ1n) is 9.33. The van der Waals surface area contributed by atoms with Gasteiger partial charge in [-0.25, -0.2) is 0 Å². The minimum atomic E-state index is -0.437. The predicted molar refractivity (Wildman–Crippen MR) is 100 cm³/mol. The highest BCUT2D eigenvalue weighted by Gasteiger charge is 2.41.